The molecule has 1 aromatic rings. The number of Topliss-reactive ketones (excluding diaryl/α,β-unsaturated/α-hetero) is 1. The number of amides is 1. The van der Waals surface area contributed by atoms with E-state index in [1.807, 2.05) is 13.8 Å². The average molecular weight is 219 g/mol. The first kappa shape index (κ1) is 12.4. The number of nitrogens with zero attached hydrogens (tertiary/aromatic N) is 1. The maximum absolute atomic E-state index is 11.8. The molecule has 0 spiro atoms. The largest absolute Gasteiger partial charge is 0.318 e. The molecule has 3 nitrogen and oxygen atoms in total. The maximum atomic E-state index is 11.8. The molecule has 1 unspecified atom stereocenters. The van der Waals surface area contributed by atoms with Crippen molar-refractivity contribution in [3.05, 3.63) is 29.8 Å². The summed E-state index contributed by atoms with van der Waals surface area (Å²) in [6.45, 7) is 3.92. The van der Waals surface area contributed by atoms with Crippen molar-refractivity contribution < 1.29 is 9.59 Å². The van der Waals surface area contributed by atoms with Crippen molar-refractivity contribution in [3.63, 3.8) is 0 Å². The Labute approximate surface area is 96.1 Å². The number of benzene rings is 1. The first-order valence-electron chi connectivity index (χ1n) is 5.42. The molecule has 1 amide bonds. The van der Waals surface area contributed by atoms with Gasteiger partial charge in [0.05, 0.1) is 0 Å². The second-order valence-corrected chi connectivity index (χ2v) is 3.94. The number of carbonyl (C=O) groups excluding carboxylic acids is 2. The van der Waals surface area contributed by atoms with Gasteiger partial charge in [-0.15, -0.1) is 0 Å². The van der Waals surface area contributed by atoms with Crippen molar-refractivity contribution in [2.24, 2.45) is 5.92 Å². The predicted octanol–water partition coefficient (Wildman–Crippen LogP) is 2.51. The molecule has 1 atom stereocenters. The fourth-order valence-electron chi connectivity index (χ4n) is 1.39. The lowest BCUT2D eigenvalue weighted by Gasteiger charge is -2.12. The summed E-state index contributed by atoms with van der Waals surface area (Å²) in [5.74, 6) is 0.206. The van der Waals surface area contributed by atoms with Crippen LogP contribution in [-0.2, 0) is 4.79 Å². The van der Waals surface area contributed by atoms with Crippen LogP contribution in [0.4, 0.5) is 5.69 Å². The number of hydrogen-bond acceptors (Lipinski definition) is 2. The van der Waals surface area contributed by atoms with E-state index in [0.717, 1.165) is 18.5 Å². The molecule has 0 aliphatic heterocycles. The standard InChI is InChI=1S/C13H17NO2/c1-4-10(2)13(16)11-5-7-12(8-6-11)14(3)9-15/h5-10H,4H2,1-3H3. The molecule has 0 saturated heterocycles. The highest BCUT2D eigenvalue weighted by molar-refractivity contribution is 5.98. The van der Waals surface area contributed by atoms with E-state index in [4.69, 9.17) is 0 Å². The Balaban J connectivity index is 2.86. The molecule has 0 N–H and O–H groups in total. The molecule has 1 aromatic carbocycles. The Kier molecular flexibility index (Phi) is 4.23. The molecule has 0 radical (unpaired) electrons. The van der Waals surface area contributed by atoms with Crippen LogP contribution in [0.1, 0.15) is 30.6 Å². The summed E-state index contributed by atoms with van der Waals surface area (Å²) in [7, 11) is 1.68. The van der Waals surface area contributed by atoms with E-state index in [2.05, 4.69) is 0 Å². The molecule has 0 saturated carbocycles. The molecule has 0 fully saturated rings. The monoisotopic (exact) mass is 219 g/mol. The van der Waals surface area contributed by atoms with Gasteiger partial charge < -0.3 is 4.90 Å². The fourth-order valence-corrected chi connectivity index (χ4v) is 1.39. The maximum Gasteiger partial charge on any atom is 0.213 e. The summed E-state index contributed by atoms with van der Waals surface area (Å²) < 4.78 is 0. The van der Waals surface area contributed by atoms with Gasteiger partial charge in [-0.1, -0.05) is 13.8 Å². The van der Waals surface area contributed by atoms with Crippen LogP contribution in [-0.4, -0.2) is 19.2 Å². The van der Waals surface area contributed by atoms with Crippen molar-refractivity contribution in [2.75, 3.05) is 11.9 Å². The van der Waals surface area contributed by atoms with Gasteiger partial charge in [-0.3, -0.25) is 9.59 Å². The predicted molar refractivity (Wildman–Crippen MR) is 64.7 cm³/mol. The van der Waals surface area contributed by atoms with Crippen molar-refractivity contribution in [1.29, 1.82) is 0 Å². The first-order valence-corrected chi connectivity index (χ1v) is 5.42. The zero-order chi connectivity index (χ0) is 12.1. The van der Waals surface area contributed by atoms with Gasteiger partial charge in [0.1, 0.15) is 0 Å². The summed E-state index contributed by atoms with van der Waals surface area (Å²) in [5, 5.41) is 0. The van der Waals surface area contributed by atoms with Crippen LogP contribution >= 0.6 is 0 Å². The summed E-state index contributed by atoms with van der Waals surface area (Å²) in [6.07, 6.45) is 1.58. The van der Waals surface area contributed by atoms with E-state index in [0.29, 0.717) is 5.56 Å². The molecule has 16 heavy (non-hydrogen) atoms. The minimum Gasteiger partial charge on any atom is -0.318 e. The van der Waals surface area contributed by atoms with Crippen LogP contribution < -0.4 is 4.90 Å². The molecule has 0 bridgehead atoms. The van der Waals surface area contributed by atoms with Gasteiger partial charge in [0.2, 0.25) is 6.41 Å². The third kappa shape index (κ3) is 2.69. The number of hydrogen-bond donors (Lipinski definition) is 0. The highest BCUT2D eigenvalue weighted by atomic mass is 16.1. The van der Waals surface area contributed by atoms with Crippen LogP contribution in [0.2, 0.25) is 0 Å². The van der Waals surface area contributed by atoms with E-state index >= 15 is 0 Å². The molecular formula is C13H17NO2. The zero-order valence-electron chi connectivity index (χ0n) is 9.93. The van der Waals surface area contributed by atoms with Crippen LogP contribution in [0.3, 0.4) is 0 Å². The van der Waals surface area contributed by atoms with E-state index in [-0.39, 0.29) is 11.7 Å². The summed E-state index contributed by atoms with van der Waals surface area (Å²) in [5.41, 5.74) is 1.49. The molecule has 1 rings (SSSR count). The lowest BCUT2D eigenvalue weighted by atomic mass is 9.97. The van der Waals surface area contributed by atoms with E-state index in [1.54, 1.807) is 31.3 Å². The number of rotatable bonds is 5. The topological polar surface area (TPSA) is 37.4 Å². The Morgan fingerprint density at radius 1 is 1.38 bits per heavy atom. The Hall–Kier alpha value is -1.64. The van der Waals surface area contributed by atoms with Gasteiger partial charge in [0.25, 0.3) is 0 Å². The van der Waals surface area contributed by atoms with Crippen LogP contribution in [0.15, 0.2) is 24.3 Å². The quantitative estimate of drug-likeness (QED) is 0.563. The van der Waals surface area contributed by atoms with E-state index in [1.165, 1.54) is 4.90 Å². The third-order valence-electron chi connectivity index (χ3n) is 2.78. The SMILES string of the molecule is CCC(C)C(=O)c1ccc(N(C)C=O)cc1. The first-order chi connectivity index (χ1) is 7.60. The van der Waals surface area contributed by atoms with Crippen LogP contribution in [0, 0.1) is 5.92 Å². The highest BCUT2D eigenvalue weighted by Crippen LogP contribution is 2.16. The lowest BCUT2D eigenvalue weighted by Crippen LogP contribution is -2.14. The van der Waals surface area contributed by atoms with Gasteiger partial charge in [-0.05, 0) is 30.7 Å². The van der Waals surface area contributed by atoms with Gasteiger partial charge in [-0.2, -0.15) is 0 Å². The Bertz CT molecular complexity index is 370. The lowest BCUT2D eigenvalue weighted by molar-refractivity contribution is -0.107. The molecular weight excluding hydrogens is 202 g/mol. The molecule has 0 aromatic heterocycles. The van der Waals surface area contributed by atoms with Gasteiger partial charge >= 0.3 is 0 Å². The van der Waals surface area contributed by atoms with E-state index < -0.39 is 0 Å². The average Bonchev–Trinajstić information content (AvgIpc) is 2.36. The Morgan fingerprint density at radius 2 is 1.94 bits per heavy atom. The molecule has 0 aliphatic rings. The van der Waals surface area contributed by atoms with Crippen molar-refractivity contribution in [2.45, 2.75) is 20.3 Å². The second kappa shape index (κ2) is 5.45. The number of ketones is 1. The summed E-state index contributed by atoms with van der Waals surface area (Å²) >= 11 is 0. The molecule has 86 valence electrons. The van der Waals surface area contributed by atoms with Crippen molar-refractivity contribution in [3.8, 4) is 0 Å². The molecule has 3 heteroatoms. The Morgan fingerprint density at radius 3 is 2.38 bits per heavy atom. The minimum absolute atomic E-state index is 0.0506. The second-order valence-electron chi connectivity index (χ2n) is 3.94. The van der Waals surface area contributed by atoms with Crippen molar-refractivity contribution >= 4 is 17.9 Å². The van der Waals surface area contributed by atoms with Gasteiger partial charge in [0.15, 0.2) is 5.78 Å². The summed E-state index contributed by atoms with van der Waals surface area (Å²) in [4.78, 5) is 23.9. The summed E-state index contributed by atoms with van der Waals surface area (Å²) in [6, 6.07) is 7.10. The molecule has 0 heterocycles. The van der Waals surface area contributed by atoms with Gasteiger partial charge in [0, 0.05) is 24.2 Å². The van der Waals surface area contributed by atoms with Gasteiger partial charge in [-0.25, -0.2) is 0 Å². The number of carbonyl (C=O) groups is 2. The minimum atomic E-state index is 0.0506. The van der Waals surface area contributed by atoms with Crippen molar-refractivity contribution in [1.82, 2.24) is 0 Å². The third-order valence-corrected chi connectivity index (χ3v) is 2.78. The number of anilines is 1. The van der Waals surface area contributed by atoms with Crippen LogP contribution in [0.5, 0.6) is 0 Å². The normalized spacial score (nSPS) is 11.9. The van der Waals surface area contributed by atoms with Crippen LogP contribution in [0.25, 0.3) is 0 Å². The molecule has 0 aliphatic carbocycles. The highest BCUT2D eigenvalue weighted by Gasteiger charge is 2.12. The smallest absolute Gasteiger partial charge is 0.213 e. The van der Waals surface area contributed by atoms with E-state index in [9.17, 15) is 9.59 Å². The zero-order valence-corrected chi connectivity index (χ0v) is 9.93. The fraction of sp³-hybridized carbons (Fsp3) is 0.385.